The number of hydrogen-bond acceptors (Lipinski definition) is 8. The molecule has 4 heterocycles. The van der Waals surface area contributed by atoms with E-state index < -0.39 is 0 Å². The van der Waals surface area contributed by atoms with E-state index in [1.165, 1.54) is 16.7 Å². The number of nitrogens with zero attached hydrogens (tertiary/aromatic N) is 1. The highest BCUT2D eigenvalue weighted by molar-refractivity contribution is 5.63. The fourth-order valence-electron chi connectivity index (χ4n) is 6.85. The Balaban J connectivity index is 1.44. The van der Waals surface area contributed by atoms with Gasteiger partial charge in [-0.05, 0) is 110 Å². The number of methoxy groups -OCH3 is 3. The van der Waals surface area contributed by atoms with Crippen molar-refractivity contribution in [2.75, 3.05) is 41.5 Å². The molecule has 0 fully saturated rings. The van der Waals surface area contributed by atoms with Crippen molar-refractivity contribution in [1.29, 1.82) is 0 Å². The Hall–Kier alpha value is -4.40. The van der Waals surface area contributed by atoms with E-state index in [1.54, 1.807) is 21.3 Å². The zero-order chi connectivity index (χ0) is 30.4. The minimum atomic E-state index is -0.132. The number of phenols is 1. The van der Waals surface area contributed by atoms with E-state index in [-0.39, 0.29) is 17.8 Å². The number of rotatable bonds is 3. The van der Waals surface area contributed by atoms with E-state index in [0.29, 0.717) is 40.9 Å². The summed E-state index contributed by atoms with van der Waals surface area (Å²) in [6.07, 6.45) is 3.15. The lowest BCUT2D eigenvalue weighted by Crippen LogP contribution is -2.33. The number of benzene rings is 4. The summed E-state index contributed by atoms with van der Waals surface area (Å²) in [4.78, 5) is 2.39. The van der Waals surface area contributed by atoms with Gasteiger partial charge in [-0.15, -0.1) is 0 Å². The molecule has 44 heavy (non-hydrogen) atoms. The van der Waals surface area contributed by atoms with Crippen LogP contribution in [0.1, 0.15) is 45.5 Å². The molecule has 0 saturated heterocycles. The first kappa shape index (κ1) is 28.4. The summed E-state index contributed by atoms with van der Waals surface area (Å²) in [7, 11) is 7.05. The molecule has 8 rings (SSSR count). The van der Waals surface area contributed by atoms with Crippen LogP contribution in [0, 0.1) is 0 Å². The van der Waals surface area contributed by atoms with Gasteiger partial charge in [-0.2, -0.15) is 0 Å². The fourth-order valence-corrected chi connectivity index (χ4v) is 6.85. The van der Waals surface area contributed by atoms with E-state index in [1.807, 2.05) is 30.3 Å². The van der Waals surface area contributed by atoms with Crippen molar-refractivity contribution in [3.05, 3.63) is 94.0 Å². The van der Waals surface area contributed by atoms with Crippen LogP contribution in [-0.4, -0.2) is 51.5 Å². The molecule has 4 aliphatic heterocycles. The van der Waals surface area contributed by atoms with Gasteiger partial charge in [0.2, 0.25) is 5.75 Å². The van der Waals surface area contributed by atoms with E-state index in [4.69, 9.17) is 23.7 Å². The zero-order valence-electron chi connectivity index (χ0n) is 25.6. The fraction of sp³-hybridized carbons (Fsp3) is 0.333. The highest BCUT2D eigenvalue weighted by Crippen LogP contribution is 2.50. The number of phenolic OH excluding ortho intramolecular Hbond substituents is 1. The molecule has 0 spiro atoms. The smallest absolute Gasteiger partial charge is 0.201 e. The summed E-state index contributed by atoms with van der Waals surface area (Å²) >= 11 is 0. The molecule has 2 N–H and O–H groups in total. The molecule has 0 radical (unpaired) electrons. The largest absolute Gasteiger partial charge is 0.502 e. The Morgan fingerprint density at radius 2 is 1.50 bits per heavy atom. The lowest BCUT2D eigenvalue weighted by atomic mass is 9.88. The average Bonchev–Trinajstić information content (AvgIpc) is 3.04. The van der Waals surface area contributed by atoms with Crippen LogP contribution in [0.2, 0.25) is 0 Å². The Labute approximate surface area is 258 Å². The standard InChI is InChI=1S/C36H38N2O6/c1-38-14-12-23-18-30(41-3)32-20-26(23)28(38)16-21-5-8-25(9-6-21)43-31-17-22(7-10-29(31)40-2)15-27-34-24(11-13-37-27)19-33(42-4)35(39)36(34)44-32/h5-10,17-20,27-28,37,39H,11-16H2,1-4H3. The Morgan fingerprint density at radius 1 is 0.773 bits per heavy atom. The van der Waals surface area contributed by atoms with Gasteiger partial charge < -0.3 is 34.1 Å². The molecule has 2 atom stereocenters. The molecule has 0 aliphatic carbocycles. The molecule has 0 aromatic heterocycles. The number of ether oxygens (including phenoxy) is 5. The SMILES string of the molecule is COc1ccc2cc1Oc1ccc(cc1)CC1c3cc(c(OC)cc3CCN1C)Oc1c(O)c(OC)cc3c1C(C2)NCC3. The monoisotopic (exact) mass is 594 g/mol. The third-order valence-electron chi connectivity index (χ3n) is 9.21. The van der Waals surface area contributed by atoms with Crippen LogP contribution in [0.4, 0.5) is 0 Å². The van der Waals surface area contributed by atoms with E-state index in [2.05, 4.69) is 47.6 Å². The number of hydrogen-bond donors (Lipinski definition) is 2. The van der Waals surface area contributed by atoms with Crippen LogP contribution in [0.15, 0.2) is 60.7 Å². The Kier molecular flexibility index (Phi) is 7.48. The second-order valence-corrected chi connectivity index (χ2v) is 11.8. The van der Waals surface area contributed by atoms with Crippen LogP contribution in [-0.2, 0) is 25.7 Å². The lowest BCUT2D eigenvalue weighted by molar-refractivity contribution is 0.228. The molecule has 0 amide bonds. The summed E-state index contributed by atoms with van der Waals surface area (Å²) in [5, 5.41) is 15.2. The van der Waals surface area contributed by atoms with E-state index >= 15 is 0 Å². The first-order valence-electron chi connectivity index (χ1n) is 15.1. The van der Waals surface area contributed by atoms with Gasteiger partial charge in [-0.1, -0.05) is 18.2 Å². The predicted molar refractivity (Wildman–Crippen MR) is 168 cm³/mol. The molecule has 228 valence electrons. The van der Waals surface area contributed by atoms with Gasteiger partial charge in [-0.25, -0.2) is 0 Å². The van der Waals surface area contributed by atoms with Crippen LogP contribution >= 0.6 is 0 Å². The summed E-state index contributed by atoms with van der Waals surface area (Å²) in [5.74, 6) is 4.02. The average molecular weight is 595 g/mol. The van der Waals surface area contributed by atoms with E-state index in [9.17, 15) is 5.11 Å². The number of fused-ring (bicyclic) bond motifs is 2. The van der Waals surface area contributed by atoms with Crippen LogP contribution in [0.3, 0.4) is 0 Å². The van der Waals surface area contributed by atoms with Gasteiger partial charge in [-0.3, -0.25) is 4.90 Å². The third-order valence-corrected chi connectivity index (χ3v) is 9.21. The first-order chi connectivity index (χ1) is 21.4. The molecule has 8 heteroatoms. The molecular formula is C36H38N2O6. The van der Waals surface area contributed by atoms with Crippen LogP contribution in [0.5, 0.6) is 46.0 Å². The van der Waals surface area contributed by atoms with Crippen molar-refractivity contribution in [2.45, 2.75) is 37.8 Å². The molecule has 6 bridgehead atoms. The van der Waals surface area contributed by atoms with E-state index in [0.717, 1.165) is 54.8 Å². The number of aromatic hydroxyl groups is 1. The van der Waals surface area contributed by atoms with Crippen molar-refractivity contribution in [3.63, 3.8) is 0 Å². The van der Waals surface area contributed by atoms with Gasteiger partial charge >= 0.3 is 0 Å². The quantitative estimate of drug-likeness (QED) is 0.278. The van der Waals surface area contributed by atoms with Crippen molar-refractivity contribution in [2.24, 2.45) is 0 Å². The van der Waals surface area contributed by atoms with Crippen molar-refractivity contribution in [1.82, 2.24) is 10.2 Å². The second-order valence-electron chi connectivity index (χ2n) is 11.8. The van der Waals surface area contributed by atoms with Crippen molar-refractivity contribution >= 4 is 0 Å². The molecule has 0 saturated carbocycles. The topological polar surface area (TPSA) is 81.7 Å². The van der Waals surface area contributed by atoms with Crippen molar-refractivity contribution in [3.8, 4) is 46.0 Å². The number of likely N-dealkylation sites (N-methyl/N-ethyl adjacent to an activating group) is 1. The lowest BCUT2D eigenvalue weighted by Gasteiger charge is -2.35. The Morgan fingerprint density at radius 3 is 2.27 bits per heavy atom. The molecule has 8 nitrogen and oxygen atoms in total. The molecule has 4 aromatic carbocycles. The maximum atomic E-state index is 11.5. The summed E-state index contributed by atoms with van der Waals surface area (Å²) in [6.45, 7) is 1.73. The van der Waals surface area contributed by atoms with Gasteiger partial charge in [0.15, 0.2) is 34.5 Å². The minimum Gasteiger partial charge on any atom is -0.502 e. The molecule has 2 unspecified atom stereocenters. The highest BCUT2D eigenvalue weighted by atomic mass is 16.5. The summed E-state index contributed by atoms with van der Waals surface area (Å²) in [6, 6.07) is 20.5. The zero-order valence-corrected chi connectivity index (χ0v) is 25.6. The van der Waals surface area contributed by atoms with Crippen LogP contribution < -0.4 is 29.0 Å². The molecule has 4 aliphatic rings. The van der Waals surface area contributed by atoms with Gasteiger partial charge in [0.05, 0.1) is 21.3 Å². The maximum Gasteiger partial charge on any atom is 0.201 e. The highest BCUT2D eigenvalue weighted by Gasteiger charge is 2.32. The molecule has 4 aromatic rings. The Bertz CT molecular complexity index is 1700. The van der Waals surface area contributed by atoms with Crippen molar-refractivity contribution < 1.29 is 28.8 Å². The summed E-state index contributed by atoms with van der Waals surface area (Å²) in [5.41, 5.74) is 6.69. The first-order valence-corrected chi connectivity index (χ1v) is 15.1. The minimum absolute atomic E-state index is 0.0268. The predicted octanol–water partition coefficient (Wildman–Crippen LogP) is 6.52. The second kappa shape index (κ2) is 11.6. The number of nitrogens with one attached hydrogen (secondary N) is 1. The van der Waals surface area contributed by atoms with Gasteiger partial charge in [0.25, 0.3) is 0 Å². The third kappa shape index (κ3) is 5.08. The van der Waals surface area contributed by atoms with Gasteiger partial charge in [0, 0.05) is 24.2 Å². The summed E-state index contributed by atoms with van der Waals surface area (Å²) < 4.78 is 30.3. The molecular weight excluding hydrogens is 556 g/mol. The normalized spacial score (nSPS) is 19.1. The van der Waals surface area contributed by atoms with Crippen LogP contribution in [0.25, 0.3) is 0 Å². The van der Waals surface area contributed by atoms with Gasteiger partial charge in [0.1, 0.15) is 5.75 Å². The maximum absolute atomic E-state index is 11.5.